The molecule has 0 bridgehead atoms. The minimum atomic E-state index is -1.41. The third kappa shape index (κ3) is 5.49. The first-order valence-electron chi connectivity index (χ1n) is 2.41. The van der Waals surface area contributed by atoms with Crippen molar-refractivity contribution in [3.8, 4) is 0 Å². The van der Waals surface area contributed by atoms with Gasteiger partial charge in [0, 0.05) is 32.7 Å². The van der Waals surface area contributed by atoms with Crippen molar-refractivity contribution in [2.75, 3.05) is 13.1 Å². The topological polar surface area (TPSA) is 43.7 Å². The molecular weight excluding hydrogens is 194 g/mol. The molecule has 2 N–H and O–H groups in total. The summed E-state index contributed by atoms with van der Waals surface area (Å²) in [5, 5.41) is 16.8. The summed E-state index contributed by atoms with van der Waals surface area (Å²) in [5.41, 5.74) is 0. The van der Waals surface area contributed by atoms with E-state index in [1.54, 1.807) is 0 Å². The molecule has 0 amide bonds. The Labute approximate surface area is 81.5 Å². The van der Waals surface area contributed by atoms with Crippen molar-refractivity contribution in [3.63, 3.8) is 0 Å². The van der Waals surface area contributed by atoms with Gasteiger partial charge in [0.15, 0.2) is 0 Å². The van der Waals surface area contributed by atoms with Crippen molar-refractivity contribution in [2.45, 2.75) is 0 Å². The van der Waals surface area contributed by atoms with Crippen LogP contribution in [0.2, 0.25) is 0 Å². The molecule has 9 heavy (non-hydrogen) atoms. The standard InChI is InChI=1S/C4H10BNO2.Y/c1-3-6(4-2)5(7)8;/h7-8H,1-4H2;/q-2;. The van der Waals surface area contributed by atoms with Gasteiger partial charge in [-0.15, -0.1) is 13.1 Å². The van der Waals surface area contributed by atoms with E-state index in [0.717, 1.165) is 0 Å². The molecule has 0 unspecified atom stereocenters. The molecular formula is C4H10BNO2Y-2. The van der Waals surface area contributed by atoms with Crippen LogP contribution in [0.5, 0.6) is 0 Å². The molecule has 0 aliphatic heterocycles. The molecule has 0 spiro atoms. The molecule has 0 saturated carbocycles. The van der Waals surface area contributed by atoms with Crippen LogP contribution in [0.1, 0.15) is 0 Å². The van der Waals surface area contributed by atoms with E-state index in [1.165, 1.54) is 4.81 Å². The van der Waals surface area contributed by atoms with Gasteiger partial charge in [0.1, 0.15) is 0 Å². The van der Waals surface area contributed by atoms with E-state index in [1.807, 2.05) is 0 Å². The Bertz CT molecular complexity index is 60.5. The van der Waals surface area contributed by atoms with Gasteiger partial charge in [-0.1, -0.05) is 0 Å². The van der Waals surface area contributed by atoms with Gasteiger partial charge in [-0.05, 0) is 0 Å². The molecule has 0 aromatic rings. The molecule has 0 rings (SSSR count). The van der Waals surface area contributed by atoms with E-state index in [0.29, 0.717) is 13.1 Å². The van der Waals surface area contributed by atoms with Crippen LogP contribution >= 0.6 is 0 Å². The van der Waals surface area contributed by atoms with E-state index in [-0.39, 0.29) is 32.7 Å². The van der Waals surface area contributed by atoms with Gasteiger partial charge in [0.25, 0.3) is 0 Å². The molecule has 0 heterocycles. The molecule has 5 heteroatoms. The first kappa shape index (κ1) is 12.7. The third-order valence-corrected chi connectivity index (χ3v) is 0.901. The normalized spacial score (nSPS) is 9.00. The van der Waals surface area contributed by atoms with Gasteiger partial charge in [-0.25, -0.2) is 0 Å². The average Bonchev–Trinajstić information content (AvgIpc) is 1.69. The second-order valence-electron chi connectivity index (χ2n) is 1.38. The Morgan fingerprint density at radius 2 is 1.56 bits per heavy atom. The zero-order chi connectivity index (χ0) is 6.57. The number of hydrogen-bond donors (Lipinski definition) is 2. The van der Waals surface area contributed by atoms with Gasteiger partial charge in [-0.3, -0.25) is 0 Å². The fourth-order valence-corrected chi connectivity index (χ4v) is 0.343. The Balaban J connectivity index is 0. The molecule has 0 saturated heterocycles. The second-order valence-corrected chi connectivity index (χ2v) is 1.38. The molecule has 1 radical (unpaired) electrons. The molecule has 0 aromatic heterocycles. The summed E-state index contributed by atoms with van der Waals surface area (Å²) < 4.78 is 0. The maximum Gasteiger partial charge on any atom is 0.547 e. The maximum absolute atomic E-state index is 8.41. The van der Waals surface area contributed by atoms with Crippen molar-refractivity contribution in [1.82, 2.24) is 4.81 Å². The summed E-state index contributed by atoms with van der Waals surface area (Å²) in [6.07, 6.45) is 0. The van der Waals surface area contributed by atoms with Crippen LogP contribution in [0.3, 0.4) is 0 Å². The van der Waals surface area contributed by atoms with E-state index < -0.39 is 7.25 Å². The van der Waals surface area contributed by atoms with Gasteiger partial charge in [0.2, 0.25) is 0 Å². The molecule has 3 nitrogen and oxygen atoms in total. The minimum Gasteiger partial charge on any atom is -0.413 e. The van der Waals surface area contributed by atoms with E-state index in [2.05, 4.69) is 13.8 Å². The van der Waals surface area contributed by atoms with Gasteiger partial charge in [0.05, 0.1) is 0 Å². The van der Waals surface area contributed by atoms with Crippen LogP contribution in [-0.2, 0) is 32.7 Å². The first-order valence-corrected chi connectivity index (χ1v) is 2.41. The summed E-state index contributed by atoms with van der Waals surface area (Å²) in [5.74, 6) is 0. The molecule has 0 aliphatic carbocycles. The molecule has 0 aliphatic rings. The molecule has 51 valence electrons. The number of rotatable bonds is 3. The first-order chi connectivity index (χ1) is 3.72. The minimum absolute atomic E-state index is 0. The van der Waals surface area contributed by atoms with Crippen molar-refractivity contribution in [3.05, 3.63) is 13.8 Å². The largest absolute Gasteiger partial charge is 0.547 e. The fraction of sp³-hybridized carbons (Fsp3) is 0.500. The van der Waals surface area contributed by atoms with Crippen molar-refractivity contribution in [2.24, 2.45) is 0 Å². The number of nitrogens with zero attached hydrogens (tertiary/aromatic N) is 1. The predicted molar refractivity (Wildman–Crippen MR) is 32.5 cm³/mol. The summed E-state index contributed by atoms with van der Waals surface area (Å²) >= 11 is 0. The van der Waals surface area contributed by atoms with Gasteiger partial charge < -0.3 is 28.7 Å². The monoisotopic (exact) mass is 204 g/mol. The van der Waals surface area contributed by atoms with E-state index in [9.17, 15) is 0 Å². The average molecular weight is 204 g/mol. The van der Waals surface area contributed by atoms with Crippen LogP contribution < -0.4 is 0 Å². The van der Waals surface area contributed by atoms with Crippen molar-refractivity contribution in [1.29, 1.82) is 0 Å². The van der Waals surface area contributed by atoms with Crippen LogP contribution in [0.4, 0.5) is 0 Å². The quantitative estimate of drug-likeness (QED) is 0.454. The van der Waals surface area contributed by atoms with Crippen molar-refractivity contribution >= 4 is 7.25 Å². The summed E-state index contributed by atoms with van der Waals surface area (Å²) in [7, 11) is -1.41. The SMILES string of the molecule is [CH2-]CN(C[CH2-])B(O)O.[Y]. The molecule has 0 atom stereocenters. The van der Waals surface area contributed by atoms with E-state index in [4.69, 9.17) is 10.0 Å². The predicted octanol–water partition coefficient (Wildman–Crippen LogP) is -1.08. The number of hydrogen-bond acceptors (Lipinski definition) is 3. The van der Waals surface area contributed by atoms with Crippen LogP contribution in [-0.4, -0.2) is 35.2 Å². The second kappa shape index (κ2) is 7.16. The Morgan fingerprint density at radius 1 is 1.22 bits per heavy atom. The molecule has 0 fully saturated rings. The Morgan fingerprint density at radius 3 is 1.56 bits per heavy atom. The van der Waals surface area contributed by atoms with Crippen LogP contribution in [0.25, 0.3) is 0 Å². The summed E-state index contributed by atoms with van der Waals surface area (Å²) in [6, 6.07) is 0. The van der Waals surface area contributed by atoms with Crippen molar-refractivity contribution < 1.29 is 42.8 Å². The maximum atomic E-state index is 8.41. The molecule has 0 aromatic carbocycles. The zero-order valence-corrected chi connectivity index (χ0v) is 8.16. The smallest absolute Gasteiger partial charge is 0.413 e. The van der Waals surface area contributed by atoms with Crippen LogP contribution in [0, 0.1) is 13.8 Å². The van der Waals surface area contributed by atoms with E-state index >= 15 is 0 Å². The Hall–Kier alpha value is 1.05. The Kier molecular flexibility index (Phi) is 10.1. The summed E-state index contributed by atoms with van der Waals surface area (Å²) in [4.78, 5) is 1.31. The third-order valence-electron chi connectivity index (χ3n) is 0.901. The van der Waals surface area contributed by atoms with Gasteiger partial charge in [-0.2, -0.15) is 0 Å². The van der Waals surface area contributed by atoms with Crippen LogP contribution in [0.15, 0.2) is 0 Å². The van der Waals surface area contributed by atoms with Gasteiger partial charge >= 0.3 is 7.25 Å². The summed E-state index contributed by atoms with van der Waals surface area (Å²) in [6.45, 7) is 7.61. The fourth-order valence-electron chi connectivity index (χ4n) is 0.343. The zero-order valence-electron chi connectivity index (χ0n) is 5.32.